The first-order chi connectivity index (χ1) is 8.01. The third-order valence-corrected chi connectivity index (χ3v) is 2.40. The molecule has 17 heavy (non-hydrogen) atoms. The highest BCUT2D eigenvalue weighted by atomic mass is 35.5. The number of aromatic nitrogens is 1. The number of hydrogen-bond acceptors (Lipinski definition) is 3. The number of aliphatic carboxylic acids is 1. The van der Waals surface area contributed by atoms with Crippen LogP contribution < -0.4 is 0 Å². The Balaban J connectivity index is 3.47. The number of hydrogen-bond donors (Lipinski definition) is 1. The van der Waals surface area contributed by atoms with E-state index in [1.54, 1.807) is 0 Å². The lowest BCUT2D eigenvalue weighted by atomic mass is 9.99. The number of carbonyl (C=O) groups is 1. The standard InChI is InChI=1S/C10H7ClF2N2O2/c11-2-5-4-15-7(3-14)9(10(12)13)6(5)1-8(16)17/h4,10H,1-2H2,(H,16,17). The molecule has 1 aromatic rings. The summed E-state index contributed by atoms with van der Waals surface area (Å²) < 4.78 is 25.6. The van der Waals surface area contributed by atoms with Crippen LogP contribution in [0.3, 0.4) is 0 Å². The molecule has 90 valence electrons. The van der Waals surface area contributed by atoms with Gasteiger partial charge in [-0.3, -0.25) is 4.79 Å². The minimum Gasteiger partial charge on any atom is -0.481 e. The number of carboxylic acids is 1. The van der Waals surface area contributed by atoms with Crippen LogP contribution in [0.5, 0.6) is 0 Å². The van der Waals surface area contributed by atoms with Crippen LogP contribution >= 0.6 is 11.6 Å². The minimum absolute atomic E-state index is 0.131. The molecule has 0 amide bonds. The Morgan fingerprint density at radius 3 is 2.71 bits per heavy atom. The number of nitrogens with zero attached hydrogens (tertiary/aromatic N) is 2. The quantitative estimate of drug-likeness (QED) is 0.843. The summed E-state index contributed by atoms with van der Waals surface area (Å²) in [5, 5.41) is 17.3. The molecule has 1 rings (SSSR count). The molecule has 0 aliphatic heterocycles. The average molecular weight is 261 g/mol. The zero-order chi connectivity index (χ0) is 13.0. The molecule has 0 aromatic carbocycles. The molecule has 1 N–H and O–H groups in total. The number of rotatable bonds is 4. The van der Waals surface area contributed by atoms with Gasteiger partial charge in [0.25, 0.3) is 6.43 Å². The lowest BCUT2D eigenvalue weighted by Crippen LogP contribution is -2.10. The molecule has 0 spiro atoms. The topological polar surface area (TPSA) is 74.0 Å². The van der Waals surface area contributed by atoms with E-state index in [1.807, 2.05) is 0 Å². The maximum atomic E-state index is 12.8. The molecule has 0 saturated heterocycles. The van der Waals surface area contributed by atoms with E-state index >= 15 is 0 Å². The number of halogens is 3. The third kappa shape index (κ3) is 2.88. The fourth-order valence-electron chi connectivity index (χ4n) is 1.41. The molecule has 0 fully saturated rings. The van der Waals surface area contributed by atoms with Crippen molar-refractivity contribution in [1.82, 2.24) is 4.98 Å². The summed E-state index contributed by atoms with van der Waals surface area (Å²) in [7, 11) is 0. The SMILES string of the molecule is N#Cc1ncc(CCl)c(CC(=O)O)c1C(F)F. The van der Waals surface area contributed by atoms with Crippen molar-refractivity contribution in [3.8, 4) is 6.07 Å². The van der Waals surface area contributed by atoms with Crippen LogP contribution in [-0.4, -0.2) is 16.1 Å². The van der Waals surface area contributed by atoms with E-state index in [0.717, 1.165) is 6.20 Å². The highest BCUT2D eigenvalue weighted by Gasteiger charge is 2.23. The van der Waals surface area contributed by atoms with Gasteiger partial charge in [-0.1, -0.05) is 0 Å². The predicted octanol–water partition coefficient (Wildman–Crippen LogP) is 2.26. The van der Waals surface area contributed by atoms with E-state index in [0.29, 0.717) is 0 Å². The molecule has 7 heteroatoms. The average Bonchev–Trinajstić information content (AvgIpc) is 2.27. The van der Waals surface area contributed by atoms with E-state index in [4.69, 9.17) is 22.0 Å². The summed E-state index contributed by atoms with van der Waals surface area (Å²) in [6, 6.07) is 1.51. The summed E-state index contributed by atoms with van der Waals surface area (Å²) in [5.41, 5.74) is -1.05. The first-order valence-corrected chi connectivity index (χ1v) is 5.01. The molecule has 0 aliphatic rings. The zero-order valence-electron chi connectivity index (χ0n) is 8.45. The molecule has 0 aliphatic carbocycles. The molecule has 0 unspecified atom stereocenters. The highest BCUT2D eigenvalue weighted by molar-refractivity contribution is 6.17. The van der Waals surface area contributed by atoms with Gasteiger partial charge in [0.1, 0.15) is 11.8 Å². The largest absolute Gasteiger partial charge is 0.481 e. The van der Waals surface area contributed by atoms with Crippen LogP contribution in [0.1, 0.15) is 28.8 Å². The van der Waals surface area contributed by atoms with E-state index in [1.165, 1.54) is 6.07 Å². The number of carboxylic acid groups (broad SMARTS) is 1. The van der Waals surface area contributed by atoms with Crippen LogP contribution in [0.2, 0.25) is 0 Å². The first-order valence-electron chi connectivity index (χ1n) is 4.47. The fraction of sp³-hybridized carbons (Fsp3) is 0.300. The predicted molar refractivity (Wildman–Crippen MR) is 54.8 cm³/mol. The van der Waals surface area contributed by atoms with Gasteiger partial charge < -0.3 is 5.11 Å². The second kappa shape index (κ2) is 5.55. The van der Waals surface area contributed by atoms with E-state index in [9.17, 15) is 13.6 Å². The van der Waals surface area contributed by atoms with Crippen molar-refractivity contribution >= 4 is 17.6 Å². The summed E-state index contributed by atoms with van der Waals surface area (Å²) in [5.74, 6) is -1.41. The molecule has 0 bridgehead atoms. The first kappa shape index (κ1) is 13.3. The van der Waals surface area contributed by atoms with Crippen molar-refractivity contribution < 1.29 is 18.7 Å². The van der Waals surface area contributed by atoms with Gasteiger partial charge in [0, 0.05) is 12.1 Å². The zero-order valence-corrected chi connectivity index (χ0v) is 9.21. The third-order valence-electron chi connectivity index (χ3n) is 2.11. The van der Waals surface area contributed by atoms with Crippen molar-refractivity contribution in [2.24, 2.45) is 0 Å². The van der Waals surface area contributed by atoms with Gasteiger partial charge in [-0.2, -0.15) is 5.26 Å². The monoisotopic (exact) mass is 260 g/mol. The van der Waals surface area contributed by atoms with Crippen molar-refractivity contribution in [3.05, 3.63) is 28.6 Å². The molecule has 1 aromatic heterocycles. The van der Waals surface area contributed by atoms with E-state index in [-0.39, 0.29) is 17.0 Å². The van der Waals surface area contributed by atoms with Gasteiger partial charge >= 0.3 is 5.97 Å². The summed E-state index contributed by atoms with van der Waals surface area (Å²) in [6.07, 6.45) is -2.43. The van der Waals surface area contributed by atoms with Crippen LogP contribution in [0.25, 0.3) is 0 Å². The van der Waals surface area contributed by atoms with Crippen molar-refractivity contribution in [2.45, 2.75) is 18.7 Å². The lowest BCUT2D eigenvalue weighted by Gasteiger charge is -2.12. The fourth-order valence-corrected chi connectivity index (χ4v) is 1.64. The van der Waals surface area contributed by atoms with Crippen LogP contribution in [0.4, 0.5) is 8.78 Å². The Morgan fingerprint density at radius 1 is 1.65 bits per heavy atom. The summed E-state index contributed by atoms with van der Waals surface area (Å²) >= 11 is 5.53. The van der Waals surface area contributed by atoms with Crippen molar-refractivity contribution in [2.75, 3.05) is 0 Å². The summed E-state index contributed by atoms with van der Waals surface area (Å²) in [4.78, 5) is 14.2. The summed E-state index contributed by atoms with van der Waals surface area (Å²) in [6.45, 7) is 0. The Morgan fingerprint density at radius 2 is 2.29 bits per heavy atom. The van der Waals surface area contributed by atoms with Crippen molar-refractivity contribution in [1.29, 1.82) is 5.26 Å². The van der Waals surface area contributed by atoms with E-state index < -0.39 is 30.1 Å². The Labute approximate surface area is 100 Å². The Bertz CT molecular complexity index is 486. The lowest BCUT2D eigenvalue weighted by molar-refractivity contribution is -0.136. The van der Waals surface area contributed by atoms with Gasteiger partial charge in [0.15, 0.2) is 0 Å². The van der Waals surface area contributed by atoms with Gasteiger partial charge in [-0.05, 0) is 11.1 Å². The minimum atomic E-state index is -2.96. The van der Waals surface area contributed by atoms with E-state index in [2.05, 4.69) is 4.98 Å². The van der Waals surface area contributed by atoms with Crippen LogP contribution in [0.15, 0.2) is 6.20 Å². The van der Waals surface area contributed by atoms with Crippen LogP contribution in [-0.2, 0) is 17.1 Å². The van der Waals surface area contributed by atoms with Gasteiger partial charge in [0.05, 0.1) is 12.0 Å². The second-order valence-corrected chi connectivity index (χ2v) is 3.41. The number of nitriles is 1. The Kier molecular flexibility index (Phi) is 4.35. The number of alkyl halides is 3. The maximum Gasteiger partial charge on any atom is 0.307 e. The molecule has 4 nitrogen and oxygen atoms in total. The molecular formula is C10H7ClF2N2O2. The highest BCUT2D eigenvalue weighted by Crippen LogP contribution is 2.28. The van der Waals surface area contributed by atoms with Crippen LogP contribution in [0, 0.1) is 11.3 Å². The van der Waals surface area contributed by atoms with Crippen molar-refractivity contribution in [3.63, 3.8) is 0 Å². The van der Waals surface area contributed by atoms with Gasteiger partial charge in [0.2, 0.25) is 0 Å². The Hall–Kier alpha value is -1.74. The smallest absolute Gasteiger partial charge is 0.307 e. The molecule has 0 radical (unpaired) electrons. The normalized spacial score (nSPS) is 10.3. The molecule has 0 atom stereocenters. The number of pyridine rings is 1. The molecular weight excluding hydrogens is 254 g/mol. The molecule has 1 heterocycles. The van der Waals surface area contributed by atoms with Gasteiger partial charge in [-0.15, -0.1) is 11.6 Å². The maximum absolute atomic E-state index is 12.8. The second-order valence-electron chi connectivity index (χ2n) is 3.14. The van der Waals surface area contributed by atoms with Gasteiger partial charge in [-0.25, -0.2) is 13.8 Å². The molecule has 0 saturated carbocycles.